The van der Waals surface area contributed by atoms with E-state index < -0.39 is 33.6 Å². The number of halogens is 3. The molecule has 1 aliphatic rings. The molecule has 2 atom stereocenters. The molecule has 0 saturated carbocycles. The Bertz CT molecular complexity index is 878. The summed E-state index contributed by atoms with van der Waals surface area (Å²) in [7, 11) is -4.77. The van der Waals surface area contributed by atoms with Gasteiger partial charge in [0, 0.05) is 13.0 Å². The molecular weight excluding hydrogens is 505 g/mol. The molecule has 1 rings (SSSR count). The Morgan fingerprint density at radius 1 is 1.11 bits per heavy atom. The van der Waals surface area contributed by atoms with E-state index in [0.717, 1.165) is 0 Å². The van der Waals surface area contributed by atoms with E-state index in [4.69, 9.17) is 24.4 Å². The number of hydrogen-bond donors (Lipinski definition) is 6. The number of alkyl halides is 3. The van der Waals surface area contributed by atoms with E-state index in [1.165, 1.54) is 7.11 Å². The Labute approximate surface area is 199 Å². The zero-order valence-corrected chi connectivity index (χ0v) is 19.6. The van der Waals surface area contributed by atoms with Crippen LogP contribution in [0, 0.1) is 0 Å². The normalized spacial score (nSPS) is 17.7. The highest BCUT2D eigenvalue weighted by Gasteiger charge is 2.37. The Kier molecular flexibility index (Phi) is 13.6. The van der Waals surface area contributed by atoms with Crippen molar-refractivity contribution in [2.45, 2.75) is 56.1 Å². The predicted molar refractivity (Wildman–Crippen MR) is 112 cm³/mol. The average molecular weight is 535 g/mol. The third-order valence-electron chi connectivity index (χ3n) is 4.30. The summed E-state index contributed by atoms with van der Waals surface area (Å²) in [5, 5.41) is 7.86. The van der Waals surface area contributed by atoms with Gasteiger partial charge in [-0.2, -0.15) is 13.2 Å². The zero-order chi connectivity index (χ0) is 27.2. The van der Waals surface area contributed by atoms with Crippen LogP contribution in [0.2, 0.25) is 0 Å². The van der Waals surface area contributed by atoms with E-state index >= 15 is 0 Å². The first-order chi connectivity index (χ1) is 16.1. The Balaban J connectivity index is 0.00000124. The molecule has 1 aliphatic heterocycles. The molecule has 1 heterocycles. The van der Waals surface area contributed by atoms with E-state index in [1.807, 2.05) is 0 Å². The summed E-state index contributed by atoms with van der Waals surface area (Å²) in [6, 6.07) is -1.54. The van der Waals surface area contributed by atoms with Crippen molar-refractivity contribution in [3.63, 3.8) is 0 Å². The first-order valence-electron chi connectivity index (χ1n) is 10.2. The number of methoxy groups -OCH3 is 1. The van der Waals surface area contributed by atoms with E-state index in [2.05, 4.69) is 25.7 Å². The highest BCUT2D eigenvalue weighted by molar-refractivity contribution is 7.86. The highest BCUT2D eigenvalue weighted by atomic mass is 32.2. The van der Waals surface area contributed by atoms with Crippen LogP contribution in [0.3, 0.4) is 0 Å². The lowest BCUT2D eigenvalue weighted by Gasteiger charge is -2.29. The number of carbonyl (C=O) groups excluding carboxylic acids is 4. The molecule has 14 nitrogen and oxygen atoms in total. The molecule has 0 radical (unpaired) electrons. The average Bonchev–Trinajstić information content (AvgIpc) is 2.72. The molecule has 18 heteroatoms. The monoisotopic (exact) mass is 534 g/mol. The number of guanidine groups is 1. The minimum absolute atomic E-state index is 0.100. The van der Waals surface area contributed by atoms with Crippen LogP contribution in [-0.2, 0) is 34.0 Å². The van der Waals surface area contributed by atoms with Crippen molar-refractivity contribution in [1.82, 2.24) is 16.0 Å². The summed E-state index contributed by atoms with van der Waals surface area (Å²) in [6.07, 6.45) is 2.38. The number of unbranched alkanes of at least 4 members (excludes halogenated alkanes) is 1. The van der Waals surface area contributed by atoms with Crippen molar-refractivity contribution in [1.29, 1.82) is 0 Å². The minimum atomic E-state index is -6.09. The van der Waals surface area contributed by atoms with Gasteiger partial charge in [0.2, 0.25) is 17.7 Å². The van der Waals surface area contributed by atoms with Crippen LogP contribution in [0.25, 0.3) is 0 Å². The number of piperazine rings is 1. The molecule has 0 aromatic heterocycles. The van der Waals surface area contributed by atoms with Crippen LogP contribution < -0.4 is 32.4 Å². The largest absolute Gasteiger partial charge is 0.741 e. The first kappa shape index (κ1) is 31.9. The Hall–Kier alpha value is -3.15. The van der Waals surface area contributed by atoms with Crippen LogP contribution in [0.4, 0.5) is 13.2 Å². The van der Waals surface area contributed by atoms with Gasteiger partial charge >= 0.3 is 17.4 Å². The third-order valence-corrected chi connectivity index (χ3v) is 4.86. The van der Waals surface area contributed by atoms with Crippen LogP contribution in [0.15, 0.2) is 0 Å². The quantitative estimate of drug-likeness (QED) is 0.0375. The molecule has 35 heavy (non-hydrogen) atoms. The van der Waals surface area contributed by atoms with E-state index in [-0.39, 0.29) is 30.2 Å². The number of esters is 1. The van der Waals surface area contributed by atoms with Crippen molar-refractivity contribution in [2.75, 3.05) is 20.2 Å². The molecule has 1 fully saturated rings. The summed E-state index contributed by atoms with van der Waals surface area (Å²) in [6.45, 7) is 0.874. The van der Waals surface area contributed by atoms with Gasteiger partial charge in [-0.25, -0.2) is 8.42 Å². The predicted octanol–water partition coefficient (Wildman–Crippen LogP) is -4.00. The number of rotatable bonds is 11. The maximum absolute atomic E-state index is 12.1. The number of carbonyl (C=O) groups is 4. The molecule has 0 aromatic carbocycles. The minimum Gasteiger partial charge on any atom is -0.741 e. The standard InChI is InChI=1S/C16H28N6O5.CHF3O3S/c1-27-13(24)6-2-3-7-19-12(23)9-11-15(26)21-10(14(25)22-11)5-4-8-20-16(17)18;2-1(3,4)8(5,6)7/h10-11H,2-9H2,1H3,(H,19,23)(H,21,26)(H,22,25)(H4,17,18,20);(H,5,6,7)/t10-,11-;/m0./s1. The highest BCUT2D eigenvalue weighted by Crippen LogP contribution is 2.20. The maximum Gasteiger partial charge on any atom is 0.485 e. The van der Waals surface area contributed by atoms with Crippen molar-refractivity contribution in [2.24, 2.45) is 11.5 Å². The third kappa shape index (κ3) is 14.0. The molecular formula is C17H29F3N6O8S. The van der Waals surface area contributed by atoms with Gasteiger partial charge in [0.1, 0.15) is 12.1 Å². The van der Waals surface area contributed by atoms with Gasteiger partial charge in [-0.3, -0.25) is 35.6 Å². The van der Waals surface area contributed by atoms with Gasteiger partial charge in [0.25, 0.3) is 0 Å². The molecule has 1 saturated heterocycles. The van der Waals surface area contributed by atoms with Crippen molar-refractivity contribution < 1.29 is 55.0 Å². The summed E-state index contributed by atoms with van der Waals surface area (Å²) in [5.74, 6) is -1.25. The summed E-state index contributed by atoms with van der Waals surface area (Å²) in [4.78, 5) is 49.8. The molecule has 0 aromatic rings. The molecule has 0 bridgehead atoms. The van der Waals surface area contributed by atoms with Gasteiger partial charge in [-0.05, 0) is 25.7 Å². The summed E-state index contributed by atoms with van der Waals surface area (Å²) < 4.78 is 63.4. The summed E-state index contributed by atoms with van der Waals surface area (Å²) >= 11 is 0. The maximum atomic E-state index is 12.1. The van der Waals surface area contributed by atoms with Crippen LogP contribution in [0.1, 0.15) is 38.5 Å². The lowest BCUT2D eigenvalue weighted by molar-refractivity contribution is -0.459. The number of hydrogen-bond acceptors (Lipinski definition) is 8. The fourth-order valence-corrected chi connectivity index (χ4v) is 2.54. The van der Waals surface area contributed by atoms with E-state index in [0.29, 0.717) is 45.2 Å². The van der Waals surface area contributed by atoms with E-state index in [9.17, 15) is 32.3 Å². The molecule has 0 aliphatic carbocycles. The number of amides is 3. The Morgan fingerprint density at radius 3 is 2.17 bits per heavy atom. The molecule has 0 unspecified atom stereocenters. The van der Waals surface area contributed by atoms with Crippen LogP contribution >= 0.6 is 0 Å². The first-order valence-corrected chi connectivity index (χ1v) is 11.6. The van der Waals surface area contributed by atoms with Crippen molar-refractivity contribution in [3.8, 4) is 0 Å². The van der Waals surface area contributed by atoms with Crippen LogP contribution in [0.5, 0.6) is 0 Å². The number of nitrogens with one attached hydrogen (secondary N) is 4. The lowest BCUT2D eigenvalue weighted by Crippen LogP contribution is -2.78. The SMILES string of the molecule is COC(=O)CCCCNC(=O)C[C@@H]1NC(=O)[C@H](CCC[NH+]=C(N)N)NC1=O.O=S(=O)([O-])C(F)(F)F. The molecule has 202 valence electrons. The number of nitrogens with two attached hydrogens (primary N) is 2. The smallest absolute Gasteiger partial charge is 0.485 e. The van der Waals surface area contributed by atoms with Crippen molar-refractivity contribution >= 4 is 39.8 Å². The van der Waals surface area contributed by atoms with Crippen LogP contribution in [-0.4, -0.2) is 80.4 Å². The van der Waals surface area contributed by atoms with Gasteiger partial charge in [0.05, 0.1) is 20.1 Å². The van der Waals surface area contributed by atoms with Gasteiger partial charge in [-0.15, -0.1) is 0 Å². The molecule has 3 amide bonds. The zero-order valence-electron chi connectivity index (χ0n) is 18.8. The Morgan fingerprint density at radius 2 is 1.66 bits per heavy atom. The molecule has 8 N–H and O–H groups in total. The van der Waals surface area contributed by atoms with Crippen molar-refractivity contribution in [3.05, 3.63) is 0 Å². The molecule has 0 spiro atoms. The van der Waals surface area contributed by atoms with Gasteiger partial charge < -0.3 is 25.2 Å². The second-order valence-electron chi connectivity index (χ2n) is 7.13. The fraction of sp³-hybridized carbons (Fsp3) is 0.706. The fourth-order valence-electron chi connectivity index (χ4n) is 2.54. The second kappa shape index (κ2) is 15.0. The lowest BCUT2D eigenvalue weighted by atomic mass is 10.0. The van der Waals surface area contributed by atoms with Gasteiger partial charge in [-0.1, -0.05) is 0 Å². The summed E-state index contributed by atoms with van der Waals surface area (Å²) in [5.41, 5.74) is 4.90. The second-order valence-corrected chi connectivity index (χ2v) is 8.51. The van der Waals surface area contributed by atoms with E-state index in [1.54, 1.807) is 0 Å². The topological polar surface area (TPSA) is 237 Å². The number of ether oxygens (including phenoxy) is 1. The van der Waals surface area contributed by atoms with Gasteiger partial charge in [0.15, 0.2) is 10.1 Å².